The van der Waals surface area contributed by atoms with Gasteiger partial charge in [-0.25, -0.2) is 0 Å². The number of ether oxygens (including phenoxy) is 3. The molecule has 1 aromatic heterocycles. The number of rotatable bonds is 9. The molecule has 0 atom stereocenters. The number of aromatic nitrogens is 1. The van der Waals surface area contributed by atoms with Crippen LogP contribution in [-0.4, -0.2) is 31.7 Å². The first kappa shape index (κ1) is 28.8. The van der Waals surface area contributed by atoms with Gasteiger partial charge in [0, 0.05) is 22.8 Å². The highest BCUT2D eigenvalue weighted by Crippen LogP contribution is 2.38. The zero-order chi connectivity index (χ0) is 27.2. The Morgan fingerprint density at radius 2 is 1.75 bits per heavy atom. The van der Waals surface area contributed by atoms with E-state index in [0.717, 1.165) is 65.0 Å². The predicted octanol–water partition coefficient (Wildman–Crippen LogP) is 7.35. The fourth-order valence-electron chi connectivity index (χ4n) is 4.95. The van der Waals surface area contributed by atoms with E-state index in [1.54, 1.807) is 20.3 Å². The molecule has 3 aromatic carbocycles. The van der Waals surface area contributed by atoms with Crippen LogP contribution in [0, 0.1) is 0 Å². The number of aryl methyl sites for hydroxylation is 1. The van der Waals surface area contributed by atoms with Crippen molar-refractivity contribution in [3.8, 4) is 17.2 Å². The molecule has 40 heavy (non-hydrogen) atoms. The van der Waals surface area contributed by atoms with Crippen molar-refractivity contribution < 1.29 is 19.0 Å². The van der Waals surface area contributed by atoms with Gasteiger partial charge in [-0.2, -0.15) is 0 Å². The summed E-state index contributed by atoms with van der Waals surface area (Å²) in [5, 5.41) is 7.59. The van der Waals surface area contributed by atoms with E-state index in [9.17, 15) is 4.79 Å². The average Bonchev–Trinajstić information content (AvgIpc) is 2.97. The minimum Gasteiger partial charge on any atom is -0.495 e. The highest BCUT2D eigenvalue weighted by atomic mass is 35.5. The molecule has 0 unspecified atom stereocenters. The van der Waals surface area contributed by atoms with E-state index in [1.807, 2.05) is 67.6 Å². The summed E-state index contributed by atoms with van der Waals surface area (Å²) >= 11 is 0. The van der Waals surface area contributed by atoms with Gasteiger partial charge in [0.2, 0.25) is 5.91 Å². The number of anilines is 3. The molecule has 1 heterocycles. The van der Waals surface area contributed by atoms with E-state index in [2.05, 4.69) is 10.6 Å². The number of para-hydroxylation sites is 2. The minimum absolute atomic E-state index is 0. The first-order valence-electron chi connectivity index (χ1n) is 13.2. The molecule has 0 saturated carbocycles. The van der Waals surface area contributed by atoms with Crippen molar-refractivity contribution in [2.75, 3.05) is 31.5 Å². The van der Waals surface area contributed by atoms with Crippen molar-refractivity contribution in [1.82, 2.24) is 4.98 Å². The summed E-state index contributed by atoms with van der Waals surface area (Å²) in [6.45, 7) is 2.47. The molecule has 0 bridgehead atoms. The van der Waals surface area contributed by atoms with E-state index in [1.165, 1.54) is 11.6 Å². The standard InChI is InChI=1S/C32H33N3O4.ClH/c1-4-39-29-17-13-21(19-30(29)38-3)14-18-31(36)33-22-15-16-26-24(20-22)32(23-9-5-6-10-25(23)34-26)35-27-11-7-8-12-28(27)37-2;/h7-8,11-20H,4-6,9-10H2,1-3H3,(H,33,36)(H,34,35);1H/b18-14+;. The maximum absolute atomic E-state index is 12.8. The number of nitrogens with zero attached hydrogens (tertiary/aromatic N) is 1. The SMILES string of the molecule is CCOc1ccc(/C=C/C(=O)Nc2ccc3nc4c(c(Nc5ccccc5OC)c3c2)CCCC4)cc1OC.Cl. The summed E-state index contributed by atoms with van der Waals surface area (Å²) in [5.74, 6) is 1.84. The lowest BCUT2D eigenvalue weighted by Crippen LogP contribution is -2.11. The van der Waals surface area contributed by atoms with Gasteiger partial charge in [0.15, 0.2) is 11.5 Å². The van der Waals surface area contributed by atoms with Crippen LogP contribution in [0.3, 0.4) is 0 Å². The topological polar surface area (TPSA) is 81.7 Å². The first-order chi connectivity index (χ1) is 19.1. The van der Waals surface area contributed by atoms with E-state index < -0.39 is 0 Å². The van der Waals surface area contributed by atoms with Gasteiger partial charge in [-0.15, -0.1) is 12.4 Å². The van der Waals surface area contributed by atoms with Crippen molar-refractivity contribution in [1.29, 1.82) is 0 Å². The van der Waals surface area contributed by atoms with Crippen LogP contribution in [-0.2, 0) is 17.6 Å². The Hall–Kier alpha value is -4.23. The van der Waals surface area contributed by atoms with Gasteiger partial charge in [0.25, 0.3) is 0 Å². The maximum atomic E-state index is 12.8. The number of carbonyl (C=O) groups is 1. The van der Waals surface area contributed by atoms with Gasteiger partial charge in [0.1, 0.15) is 5.75 Å². The quantitative estimate of drug-likeness (QED) is 0.209. The zero-order valence-electron chi connectivity index (χ0n) is 23.0. The van der Waals surface area contributed by atoms with Crippen LogP contribution in [0.2, 0.25) is 0 Å². The van der Waals surface area contributed by atoms with Crippen molar-refractivity contribution in [3.05, 3.63) is 83.6 Å². The molecule has 0 fully saturated rings. The molecule has 1 aliphatic carbocycles. The van der Waals surface area contributed by atoms with Gasteiger partial charge in [-0.3, -0.25) is 9.78 Å². The minimum atomic E-state index is -0.229. The molecule has 1 aliphatic rings. The van der Waals surface area contributed by atoms with Crippen LogP contribution < -0.4 is 24.8 Å². The predicted molar refractivity (Wildman–Crippen MR) is 164 cm³/mol. The lowest BCUT2D eigenvalue weighted by molar-refractivity contribution is -0.111. The van der Waals surface area contributed by atoms with Gasteiger partial charge in [-0.1, -0.05) is 18.2 Å². The Morgan fingerprint density at radius 1 is 0.950 bits per heavy atom. The summed E-state index contributed by atoms with van der Waals surface area (Å²) in [6.07, 6.45) is 7.45. The Balaban J connectivity index is 0.00000370. The molecule has 0 saturated heterocycles. The number of halogens is 1. The molecule has 1 amide bonds. The van der Waals surface area contributed by atoms with Crippen molar-refractivity contribution in [2.24, 2.45) is 0 Å². The number of pyridine rings is 1. The second kappa shape index (κ2) is 13.2. The summed E-state index contributed by atoms with van der Waals surface area (Å²) in [6, 6.07) is 19.3. The van der Waals surface area contributed by atoms with Crippen LogP contribution in [0.15, 0.2) is 66.7 Å². The average molecular weight is 560 g/mol. The lowest BCUT2D eigenvalue weighted by atomic mass is 9.92. The molecule has 208 valence electrons. The van der Waals surface area contributed by atoms with Crippen molar-refractivity contribution in [3.63, 3.8) is 0 Å². The summed E-state index contributed by atoms with van der Waals surface area (Å²) < 4.78 is 16.6. The Kier molecular flexibility index (Phi) is 9.51. The monoisotopic (exact) mass is 559 g/mol. The number of fused-ring (bicyclic) bond motifs is 2. The van der Waals surface area contributed by atoms with Crippen LogP contribution in [0.1, 0.15) is 36.6 Å². The number of nitrogens with one attached hydrogen (secondary N) is 2. The summed E-state index contributed by atoms with van der Waals surface area (Å²) in [5.41, 5.74) is 6.70. The summed E-state index contributed by atoms with van der Waals surface area (Å²) in [7, 11) is 3.27. The fourth-order valence-corrected chi connectivity index (χ4v) is 4.95. The second-order valence-electron chi connectivity index (χ2n) is 9.34. The van der Waals surface area contributed by atoms with E-state index >= 15 is 0 Å². The molecular formula is C32H34ClN3O4. The zero-order valence-corrected chi connectivity index (χ0v) is 23.8. The molecule has 4 aromatic rings. The van der Waals surface area contributed by atoms with E-state index in [-0.39, 0.29) is 18.3 Å². The number of carbonyl (C=O) groups excluding carboxylic acids is 1. The number of amides is 1. The van der Waals surface area contributed by atoms with Crippen molar-refractivity contribution in [2.45, 2.75) is 32.6 Å². The third kappa shape index (κ3) is 6.32. The molecule has 8 heteroatoms. The van der Waals surface area contributed by atoms with Crippen molar-refractivity contribution >= 4 is 52.4 Å². The highest BCUT2D eigenvalue weighted by molar-refractivity contribution is 6.04. The summed E-state index contributed by atoms with van der Waals surface area (Å²) in [4.78, 5) is 17.8. The van der Waals surface area contributed by atoms with E-state index in [0.29, 0.717) is 23.8 Å². The molecular weight excluding hydrogens is 526 g/mol. The number of benzene rings is 3. The Labute approximate surface area is 241 Å². The molecule has 0 spiro atoms. The van der Waals surface area contributed by atoms with Gasteiger partial charge in [0.05, 0.1) is 37.7 Å². The van der Waals surface area contributed by atoms with Gasteiger partial charge < -0.3 is 24.8 Å². The molecule has 5 rings (SSSR count). The third-order valence-corrected chi connectivity index (χ3v) is 6.81. The van der Waals surface area contributed by atoms with Gasteiger partial charge in [-0.05, 0) is 92.3 Å². The maximum Gasteiger partial charge on any atom is 0.248 e. The lowest BCUT2D eigenvalue weighted by Gasteiger charge is -2.22. The first-order valence-corrected chi connectivity index (χ1v) is 13.2. The fraction of sp³-hybridized carbons (Fsp3) is 0.250. The molecule has 0 radical (unpaired) electrons. The van der Waals surface area contributed by atoms with Crippen LogP contribution >= 0.6 is 12.4 Å². The number of methoxy groups -OCH3 is 2. The normalized spacial score (nSPS) is 12.4. The Morgan fingerprint density at radius 3 is 2.55 bits per heavy atom. The smallest absolute Gasteiger partial charge is 0.248 e. The molecule has 7 nitrogen and oxygen atoms in total. The van der Waals surface area contributed by atoms with E-state index in [4.69, 9.17) is 19.2 Å². The van der Waals surface area contributed by atoms with Crippen LogP contribution in [0.5, 0.6) is 17.2 Å². The molecule has 2 N–H and O–H groups in total. The van der Waals surface area contributed by atoms with Crippen LogP contribution in [0.25, 0.3) is 17.0 Å². The van der Waals surface area contributed by atoms with Gasteiger partial charge >= 0.3 is 0 Å². The largest absolute Gasteiger partial charge is 0.495 e. The highest BCUT2D eigenvalue weighted by Gasteiger charge is 2.20. The number of hydrogen-bond acceptors (Lipinski definition) is 6. The molecule has 0 aliphatic heterocycles. The third-order valence-electron chi connectivity index (χ3n) is 6.81. The number of hydrogen-bond donors (Lipinski definition) is 2. The van der Waals surface area contributed by atoms with Crippen LogP contribution in [0.4, 0.5) is 17.1 Å². The second-order valence-corrected chi connectivity index (χ2v) is 9.34. The Bertz CT molecular complexity index is 1540.